The summed E-state index contributed by atoms with van der Waals surface area (Å²) in [4.78, 5) is 17.3. The zero-order valence-electron chi connectivity index (χ0n) is 13.8. The lowest BCUT2D eigenvalue weighted by Crippen LogP contribution is -2.30. The lowest BCUT2D eigenvalue weighted by molar-refractivity contribution is 0.0750. The maximum Gasteiger partial charge on any atom is 0.264 e. The van der Waals surface area contributed by atoms with E-state index in [0.29, 0.717) is 6.54 Å². The number of thiophene rings is 1. The first-order valence-corrected chi connectivity index (χ1v) is 9.36. The van der Waals surface area contributed by atoms with Gasteiger partial charge < -0.3 is 4.90 Å². The molecule has 0 fully saturated rings. The van der Waals surface area contributed by atoms with Gasteiger partial charge in [0.25, 0.3) is 5.91 Å². The van der Waals surface area contributed by atoms with Crippen molar-refractivity contribution in [3.63, 3.8) is 0 Å². The van der Waals surface area contributed by atoms with E-state index in [4.69, 9.17) is 0 Å². The highest BCUT2D eigenvalue weighted by atomic mass is 32.1. The Morgan fingerprint density at radius 1 is 1.35 bits per heavy atom. The molecule has 0 spiro atoms. The van der Waals surface area contributed by atoms with Crippen molar-refractivity contribution in [1.82, 2.24) is 14.7 Å². The minimum Gasteiger partial charge on any atom is -0.332 e. The number of rotatable bonds is 1. The van der Waals surface area contributed by atoms with E-state index in [0.717, 1.165) is 54.5 Å². The summed E-state index contributed by atoms with van der Waals surface area (Å²) in [6, 6.07) is 4.26. The quantitative estimate of drug-likeness (QED) is 0.804. The van der Waals surface area contributed by atoms with Gasteiger partial charge in [0.1, 0.15) is 0 Å². The number of amides is 1. The summed E-state index contributed by atoms with van der Waals surface area (Å²) in [5, 5.41) is 4.52. The first kappa shape index (κ1) is 14.9. The molecule has 2 aromatic heterocycles. The number of fused-ring (bicyclic) bond motifs is 2. The molecule has 1 amide bonds. The Labute approximate surface area is 141 Å². The minimum atomic E-state index is 0.198. The number of carbonyl (C=O) groups excluding carboxylic acids is 1. The standard InChI is InChI=1S/C18H23N3OS/c1-12-4-5-16-14(8-12)10-17(23-16)18(22)20-6-3-7-21-15(11-20)9-13(2)19-21/h9-10,12H,3-8,11H2,1-2H3/t12-/m1/s1. The number of aromatic nitrogens is 2. The fraction of sp³-hybridized carbons (Fsp3) is 0.556. The van der Waals surface area contributed by atoms with Crippen LogP contribution >= 0.6 is 11.3 Å². The van der Waals surface area contributed by atoms with Crippen molar-refractivity contribution in [3.05, 3.63) is 38.8 Å². The molecule has 0 N–H and O–H groups in total. The summed E-state index contributed by atoms with van der Waals surface area (Å²) in [6.45, 7) is 6.73. The van der Waals surface area contributed by atoms with Crippen molar-refractivity contribution in [2.75, 3.05) is 6.54 Å². The average molecular weight is 329 g/mol. The van der Waals surface area contributed by atoms with Crippen molar-refractivity contribution >= 4 is 17.2 Å². The molecular formula is C18H23N3OS. The molecule has 1 atom stereocenters. The topological polar surface area (TPSA) is 38.1 Å². The van der Waals surface area contributed by atoms with E-state index in [2.05, 4.69) is 28.8 Å². The van der Waals surface area contributed by atoms with Crippen LogP contribution in [-0.4, -0.2) is 27.1 Å². The highest BCUT2D eigenvalue weighted by molar-refractivity contribution is 7.14. The van der Waals surface area contributed by atoms with Crippen molar-refractivity contribution < 1.29 is 4.79 Å². The van der Waals surface area contributed by atoms with Crippen LogP contribution in [0.2, 0.25) is 0 Å². The molecule has 4 rings (SSSR count). The Bertz CT molecular complexity index is 746. The van der Waals surface area contributed by atoms with Gasteiger partial charge in [0.15, 0.2) is 0 Å². The van der Waals surface area contributed by atoms with Crippen LogP contribution in [0.5, 0.6) is 0 Å². The highest BCUT2D eigenvalue weighted by Gasteiger charge is 2.25. The Morgan fingerprint density at radius 2 is 2.22 bits per heavy atom. The molecule has 2 aliphatic rings. The molecule has 3 heterocycles. The van der Waals surface area contributed by atoms with Crippen LogP contribution in [0.3, 0.4) is 0 Å². The van der Waals surface area contributed by atoms with Gasteiger partial charge in [0.05, 0.1) is 22.8 Å². The first-order valence-electron chi connectivity index (χ1n) is 8.54. The second-order valence-corrected chi connectivity index (χ2v) is 8.12. The third-order valence-electron chi connectivity index (χ3n) is 4.96. The summed E-state index contributed by atoms with van der Waals surface area (Å²) in [5.41, 5.74) is 3.60. The predicted octanol–water partition coefficient (Wildman–Crippen LogP) is 3.42. The van der Waals surface area contributed by atoms with Crippen LogP contribution in [0, 0.1) is 12.8 Å². The van der Waals surface area contributed by atoms with E-state index < -0.39 is 0 Å². The molecule has 0 bridgehead atoms. The Balaban J connectivity index is 1.57. The summed E-state index contributed by atoms with van der Waals surface area (Å²) in [6.07, 6.45) is 4.50. The van der Waals surface area contributed by atoms with E-state index in [1.165, 1.54) is 16.9 Å². The molecule has 23 heavy (non-hydrogen) atoms. The van der Waals surface area contributed by atoms with Gasteiger partial charge in [-0.25, -0.2) is 0 Å². The van der Waals surface area contributed by atoms with E-state index >= 15 is 0 Å². The van der Waals surface area contributed by atoms with Gasteiger partial charge in [-0.15, -0.1) is 11.3 Å². The molecule has 2 aromatic rings. The number of hydrogen-bond donors (Lipinski definition) is 0. The molecule has 5 heteroatoms. The van der Waals surface area contributed by atoms with Crippen LogP contribution in [0.15, 0.2) is 12.1 Å². The summed E-state index contributed by atoms with van der Waals surface area (Å²) in [7, 11) is 0. The van der Waals surface area contributed by atoms with Gasteiger partial charge in [-0.05, 0) is 56.2 Å². The second-order valence-electron chi connectivity index (χ2n) is 6.99. The van der Waals surface area contributed by atoms with Gasteiger partial charge >= 0.3 is 0 Å². The summed E-state index contributed by atoms with van der Waals surface area (Å²) < 4.78 is 2.06. The molecular weight excluding hydrogens is 306 g/mol. The SMILES string of the molecule is Cc1cc2n(n1)CCCN(C(=O)c1cc3c(s1)CC[C@@H](C)C3)C2. The fourth-order valence-electron chi connectivity index (χ4n) is 3.75. The van der Waals surface area contributed by atoms with E-state index in [9.17, 15) is 4.79 Å². The van der Waals surface area contributed by atoms with Gasteiger partial charge in [0, 0.05) is 18.0 Å². The maximum absolute atomic E-state index is 13.0. The van der Waals surface area contributed by atoms with Crippen LogP contribution in [0.25, 0.3) is 0 Å². The normalized spacial score (nSPS) is 20.8. The molecule has 0 saturated heterocycles. The number of carbonyl (C=O) groups is 1. The van der Waals surface area contributed by atoms with E-state index in [1.54, 1.807) is 11.3 Å². The largest absolute Gasteiger partial charge is 0.332 e. The average Bonchev–Trinajstić information content (AvgIpc) is 3.03. The molecule has 122 valence electrons. The van der Waals surface area contributed by atoms with Gasteiger partial charge in [-0.2, -0.15) is 5.10 Å². The van der Waals surface area contributed by atoms with Crippen LogP contribution < -0.4 is 0 Å². The summed E-state index contributed by atoms with van der Waals surface area (Å²) >= 11 is 1.72. The molecule has 0 aromatic carbocycles. The Hall–Kier alpha value is -1.62. The third-order valence-corrected chi connectivity index (χ3v) is 6.19. The summed E-state index contributed by atoms with van der Waals surface area (Å²) in [5.74, 6) is 0.944. The minimum absolute atomic E-state index is 0.198. The molecule has 1 aliphatic carbocycles. The van der Waals surface area contributed by atoms with Crippen molar-refractivity contribution in [3.8, 4) is 0 Å². The van der Waals surface area contributed by atoms with Gasteiger partial charge in [0.2, 0.25) is 0 Å². The third kappa shape index (κ3) is 2.82. The molecule has 1 aliphatic heterocycles. The molecule has 4 nitrogen and oxygen atoms in total. The Morgan fingerprint density at radius 3 is 3.09 bits per heavy atom. The van der Waals surface area contributed by atoms with Crippen LogP contribution in [0.1, 0.15) is 51.3 Å². The highest BCUT2D eigenvalue weighted by Crippen LogP contribution is 2.33. The molecule has 0 unspecified atom stereocenters. The molecule has 0 radical (unpaired) electrons. The van der Waals surface area contributed by atoms with Gasteiger partial charge in [-0.1, -0.05) is 6.92 Å². The monoisotopic (exact) mass is 329 g/mol. The lowest BCUT2D eigenvalue weighted by Gasteiger charge is -2.19. The van der Waals surface area contributed by atoms with Crippen molar-refractivity contribution in [1.29, 1.82) is 0 Å². The zero-order valence-corrected chi connectivity index (χ0v) is 14.7. The lowest BCUT2D eigenvalue weighted by atomic mass is 9.90. The smallest absolute Gasteiger partial charge is 0.264 e. The predicted molar refractivity (Wildman–Crippen MR) is 91.8 cm³/mol. The van der Waals surface area contributed by atoms with E-state index in [1.807, 2.05) is 11.8 Å². The van der Waals surface area contributed by atoms with Crippen molar-refractivity contribution in [2.24, 2.45) is 5.92 Å². The fourth-order valence-corrected chi connectivity index (χ4v) is 4.92. The van der Waals surface area contributed by atoms with Crippen molar-refractivity contribution in [2.45, 2.75) is 52.6 Å². The number of aryl methyl sites for hydroxylation is 3. The number of hydrogen-bond acceptors (Lipinski definition) is 3. The first-order chi connectivity index (χ1) is 11.1. The van der Waals surface area contributed by atoms with Gasteiger partial charge in [-0.3, -0.25) is 9.48 Å². The maximum atomic E-state index is 13.0. The van der Waals surface area contributed by atoms with E-state index in [-0.39, 0.29) is 5.91 Å². The zero-order chi connectivity index (χ0) is 16.0. The number of nitrogens with zero attached hydrogens (tertiary/aromatic N) is 3. The molecule has 0 saturated carbocycles. The second kappa shape index (κ2) is 5.78. The van der Waals surface area contributed by atoms with Crippen LogP contribution in [0.4, 0.5) is 0 Å². The Kier molecular flexibility index (Phi) is 3.76. The van der Waals surface area contributed by atoms with Crippen LogP contribution in [-0.2, 0) is 25.9 Å².